The summed E-state index contributed by atoms with van der Waals surface area (Å²) in [4.78, 5) is 34.6. The molecule has 0 radical (unpaired) electrons. The van der Waals surface area contributed by atoms with Gasteiger partial charge < -0.3 is 24.1 Å². The number of benzene rings is 3. The molecule has 0 spiro atoms. The Kier molecular flexibility index (Phi) is 4.85. The minimum absolute atomic E-state index is 0.0280. The normalized spacial score (nSPS) is 15.0. The standard InChI is InChI=1S/C27H18N2O7/c1-34-20-6-5-13(9-17(20)30)21-11-18(31)25-19(32)12-22-24(27(25)36-21)15(10-23(33)35-22)14-3-2-4-16-26(14)29-8-7-28-16/h2-9,11-12,15,30,32H,10H2,1H3/t15-/m1/s1. The van der Waals surface area contributed by atoms with Gasteiger partial charge in [-0.2, -0.15) is 0 Å². The lowest BCUT2D eigenvalue weighted by Gasteiger charge is -2.26. The summed E-state index contributed by atoms with van der Waals surface area (Å²) in [5.41, 5.74) is 2.42. The second kappa shape index (κ2) is 8.09. The van der Waals surface area contributed by atoms with Crippen molar-refractivity contribution in [2.75, 3.05) is 7.11 Å². The molecule has 0 amide bonds. The lowest BCUT2D eigenvalue weighted by atomic mass is 9.84. The summed E-state index contributed by atoms with van der Waals surface area (Å²) in [7, 11) is 1.43. The molecule has 178 valence electrons. The third-order valence-electron chi connectivity index (χ3n) is 6.29. The number of hydrogen-bond acceptors (Lipinski definition) is 9. The minimum atomic E-state index is -0.576. The third-order valence-corrected chi connectivity index (χ3v) is 6.29. The van der Waals surface area contributed by atoms with Crippen molar-refractivity contribution in [3.8, 4) is 34.3 Å². The van der Waals surface area contributed by atoms with E-state index < -0.39 is 17.3 Å². The van der Waals surface area contributed by atoms with E-state index in [1.165, 1.54) is 25.3 Å². The summed E-state index contributed by atoms with van der Waals surface area (Å²) in [5.74, 6) is -1.05. The van der Waals surface area contributed by atoms with Crippen molar-refractivity contribution in [3.63, 3.8) is 0 Å². The van der Waals surface area contributed by atoms with Crippen LogP contribution in [-0.2, 0) is 4.79 Å². The van der Waals surface area contributed by atoms with Crippen LogP contribution >= 0.6 is 0 Å². The van der Waals surface area contributed by atoms with Gasteiger partial charge in [0, 0.05) is 41.6 Å². The molecule has 0 bridgehead atoms. The van der Waals surface area contributed by atoms with Gasteiger partial charge in [-0.25, -0.2) is 0 Å². The van der Waals surface area contributed by atoms with Gasteiger partial charge in [0.2, 0.25) is 0 Å². The molecule has 1 aliphatic rings. The smallest absolute Gasteiger partial charge is 0.312 e. The number of carbonyl (C=O) groups is 1. The van der Waals surface area contributed by atoms with Crippen LogP contribution in [0, 0.1) is 0 Å². The Labute approximate surface area is 203 Å². The Morgan fingerprint density at radius 1 is 1.00 bits per heavy atom. The Morgan fingerprint density at radius 2 is 1.83 bits per heavy atom. The van der Waals surface area contributed by atoms with E-state index in [1.807, 2.05) is 18.2 Å². The molecule has 9 heteroatoms. The Hall–Kier alpha value is -4.92. The summed E-state index contributed by atoms with van der Waals surface area (Å²) in [5, 5.41) is 20.9. The SMILES string of the molecule is COc1ccc(-c2cc(=O)c3c(O)cc4c(c3o2)[C@@H](c2cccc3nccnc23)CC(=O)O4)cc1O. The quantitative estimate of drug-likeness (QED) is 0.286. The van der Waals surface area contributed by atoms with Gasteiger partial charge in [-0.1, -0.05) is 12.1 Å². The molecule has 0 saturated carbocycles. The van der Waals surface area contributed by atoms with Crippen LogP contribution < -0.4 is 14.9 Å². The monoisotopic (exact) mass is 482 g/mol. The maximum atomic E-state index is 13.2. The molecule has 1 aliphatic heterocycles. The van der Waals surface area contributed by atoms with Crippen molar-refractivity contribution in [3.05, 3.63) is 82.3 Å². The molecule has 0 saturated heterocycles. The zero-order valence-electron chi connectivity index (χ0n) is 18.9. The van der Waals surface area contributed by atoms with Gasteiger partial charge in [0.1, 0.15) is 28.2 Å². The zero-order valence-corrected chi connectivity index (χ0v) is 18.9. The first-order valence-corrected chi connectivity index (χ1v) is 11.1. The highest BCUT2D eigenvalue weighted by atomic mass is 16.5. The number of methoxy groups -OCH3 is 1. The molecule has 9 nitrogen and oxygen atoms in total. The number of fused-ring (bicyclic) bond motifs is 4. The number of para-hydroxylation sites is 1. The molecular weight excluding hydrogens is 464 g/mol. The van der Waals surface area contributed by atoms with Crippen LogP contribution in [0.15, 0.2) is 70.1 Å². The van der Waals surface area contributed by atoms with E-state index in [2.05, 4.69) is 9.97 Å². The molecule has 3 aromatic carbocycles. The van der Waals surface area contributed by atoms with Crippen molar-refractivity contribution in [2.24, 2.45) is 0 Å². The highest BCUT2D eigenvalue weighted by Crippen LogP contribution is 2.47. The number of phenols is 2. The number of phenolic OH excluding ortho intramolecular Hbond substituents is 2. The predicted octanol–water partition coefficient (Wildman–Crippen LogP) is 4.26. The maximum Gasteiger partial charge on any atom is 0.312 e. The number of ether oxygens (including phenoxy) is 2. The van der Waals surface area contributed by atoms with Gasteiger partial charge in [-0.15, -0.1) is 0 Å². The molecule has 2 N–H and O–H groups in total. The third kappa shape index (κ3) is 3.32. The number of rotatable bonds is 3. The fourth-order valence-electron chi connectivity index (χ4n) is 4.71. The van der Waals surface area contributed by atoms with E-state index >= 15 is 0 Å². The van der Waals surface area contributed by atoms with Crippen molar-refractivity contribution < 1.29 is 28.9 Å². The second-order valence-corrected chi connectivity index (χ2v) is 8.38. The van der Waals surface area contributed by atoms with Gasteiger partial charge in [0.15, 0.2) is 16.9 Å². The summed E-state index contributed by atoms with van der Waals surface area (Å²) in [6, 6.07) is 12.6. The fraction of sp³-hybridized carbons (Fsp3) is 0.111. The van der Waals surface area contributed by atoms with Crippen LogP contribution in [0.3, 0.4) is 0 Å². The molecule has 5 aromatic rings. The molecule has 0 aliphatic carbocycles. The molecule has 6 rings (SSSR count). The van der Waals surface area contributed by atoms with E-state index in [0.717, 1.165) is 0 Å². The fourth-order valence-corrected chi connectivity index (χ4v) is 4.71. The summed E-state index contributed by atoms with van der Waals surface area (Å²) >= 11 is 0. The van der Waals surface area contributed by atoms with Crippen molar-refractivity contribution in [2.45, 2.75) is 12.3 Å². The van der Waals surface area contributed by atoms with Crippen LogP contribution in [0.5, 0.6) is 23.0 Å². The van der Waals surface area contributed by atoms with E-state index in [1.54, 1.807) is 24.5 Å². The maximum absolute atomic E-state index is 13.2. The Balaban J connectivity index is 1.65. The second-order valence-electron chi connectivity index (χ2n) is 8.38. The lowest BCUT2D eigenvalue weighted by Crippen LogP contribution is -2.22. The Bertz CT molecular complexity index is 1750. The van der Waals surface area contributed by atoms with Crippen LogP contribution in [0.1, 0.15) is 23.5 Å². The summed E-state index contributed by atoms with van der Waals surface area (Å²) in [6.07, 6.45) is 3.12. The van der Waals surface area contributed by atoms with Crippen molar-refractivity contribution >= 4 is 28.0 Å². The van der Waals surface area contributed by atoms with Crippen molar-refractivity contribution in [1.29, 1.82) is 0 Å². The predicted molar refractivity (Wildman–Crippen MR) is 129 cm³/mol. The number of aromatic hydroxyl groups is 2. The van der Waals surface area contributed by atoms with E-state index in [4.69, 9.17) is 13.9 Å². The van der Waals surface area contributed by atoms with Gasteiger partial charge in [-0.3, -0.25) is 19.6 Å². The van der Waals surface area contributed by atoms with E-state index in [0.29, 0.717) is 27.7 Å². The number of carbonyl (C=O) groups excluding carboxylic acids is 1. The molecule has 3 heterocycles. The van der Waals surface area contributed by atoms with Crippen LogP contribution in [0.4, 0.5) is 0 Å². The number of nitrogens with zero attached hydrogens (tertiary/aromatic N) is 2. The van der Waals surface area contributed by atoms with E-state index in [9.17, 15) is 19.8 Å². The molecule has 0 unspecified atom stereocenters. The first-order chi connectivity index (χ1) is 17.4. The largest absolute Gasteiger partial charge is 0.507 e. The Morgan fingerprint density at radius 3 is 2.64 bits per heavy atom. The summed E-state index contributed by atoms with van der Waals surface area (Å²) in [6.45, 7) is 0. The molecule has 0 fully saturated rings. The number of hydrogen-bond donors (Lipinski definition) is 2. The first-order valence-electron chi connectivity index (χ1n) is 11.1. The lowest BCUT2D eigenvalue weighted by molar-refractivity contribution is -0.135. The summed E-state index contributed by atoms with van der Waals surface area (Å²) < 4.78 is 16.8. The highest BCUT2D eigenvalue weighted by Gasteiger charge is 2.34. The highest BCUT2D eigenvalue weighted by molar-refractivity contribution is 5.94. The van der Waals surface area contributed by atoms with Gasteiger partial charge in [0.05, 0.1) is 24.6 Å². The number of esters is 1. The van der Waals surface area contributed by atoms with Crippen molar-refractivity contribution in [1.82, 2.24) is 9.97 Å². The van der Waals surface area contributed by atoms with Crippen LogP contribution in [-0.4, -0.2) is 33.3 Å². The topological polar surface area (TPSA) is 132 Å². The average Bonchev–Trinajstić information content (AvgIpc) is 2.87. The van der Waals surface area contributed by atoms with E-state index in [-0.39, 0.29) is 46.1 Å². The average molecular weight is 482 g/mol. The van der Waals surface area contributed by atoms with Crippen LogP contribution in [0.2, 0.25) is 0 Å². The minimum Gasteiger partial charge on any atom is -0.507 e. The molecule has 36 heavy (non-hydrogen) atoms. The van der Waals surface area contributed by atoms with Crippen LogP contribution in [0.25, 0.3) is 33.3 Å². The zero-order chi connectivity index (χ0) is 25.0. The molecule has 2 aromatic heterocycles. The molecular formula is C27H18N2O7. The van der Waals surface area contributed by atoms with Gasteiger partial charge in [0.25, 0.3) is 0 Å². The van der Waals surface area contributed by atoms with Gasteiger partial charge in [-0.05, 0) is 29.8 Å². The van der Waals surface area contributed by atoms with Gasteiger partial charge >= 0.3 is 5.97 Å². The first kappa shape index (κ1) is 21.6. The molecule has 1 atom stereocenters. The number of aromatic nitrogens is 2.